The van der Waals surface area contributed by atoms with Crippen LogP contribution in [0.1, 0.15) is 113 Å². The smallest absolute Gasteiger partial charge is 0.142 e. The summed E-state index contributed by atoms with van der Waals surface area (Å²) in [6, 6.07) is 0. The highest BCUT2D eigenvalue weighted by atomic mass is 16.3. The molecule has 0 saturated heterocycles. The van der Waals surface area contributed by atoms with Gasteiger partial charge < -0.3 is 5.11 Å². The fourth-order valence-corrected chi connectivity index (χ4v) is 11.1. The Kier molecular flexibility index (Phi) is 5.06. The normalized spacial score (nSPS) is 55.8. The zero-order valence-corrected chi connectivity index (χ0v) is 22.4. The third kappa shape index (κ3) is 2.78. The predicted molar refractivity (Wildman–Crippen MR) is 132 cm³/mol. The van der Waals surface area contributed by atoms with Gasteiger partial charge in [0.1, 0.15) is 11.6 Å². The number of ketones is 2. The molecule has 0 spiro atoms. The average molecular weight is 457 g/mol. The molecule has 0 radical (unpaired) electrons. The van der Waals surface area contributed by atoms with E-state index >= 15 is 0 Å². The van der Waals surface area contributed by atoms with Crippen LogP contribution in [0.3, 0.4) is 0 Å². The van der Waals surface area contributed by atoms with Crippen LogP contribution < -0.4 is 0 Å². The van der Waals surface area contributed by atoms with Crippen molar-refractivity contribution in [3.05, 3.63) is 0 Å². The molecule has 5 aliphatic rings. The molecule has 9 atom stereocenters. The van der Waals surface area contributed by atoms with Crippen molar-refractivity contribution < 1.29 is 14.7 Å². The van der Waals surface area contributed by atoms with Gasteiger partial charge in [0.15, 0.2) is 0 Å². The molecule has 3 heteroatoms. The molecule has 5 rings (SSSR count). The van der Waals surface area contributed by atoms with Crippen molar-refractivity contribution in [1.82, 2.24) is 0 Å². The summed E-state index contributed by atoms with van der Waals surface area (Å²) in [4.78, 5) is 27.3. The van der Waals surface area contributed by atoms with E-state index in [-0.39, 0.29) is 45.5 Å². The molecule has 5 saturated carbocycles. The molecule has 3 nitrogen and oxygen atoms in total. The van der Waals surface area contributed by atoms with Gasteiger partial charge in [-0.1, -0.05) is 48.5 Å². The summed E-state index contributed by atoms with van der Waals surface area (Å²) in [5.41, 5.74) is -0.427. The molecule has 0 aromatic heterocycles. The number of hydrogen-bond donors (Lipinski definition) is 1. The Morgan fingerprint density at radius 1 is 0.818 bits per heavy atom. The highest BCUT2D eigenvalue weighted by molar-refractivity contribution is 5.89. The van der Waals surface area contributed by atoms with Gasteiger partial charge in [0.25, 0.3) is 0 Å². The van der Waals surface area contributed by atoms with Gasteiger partial charge in [-0.2, -0.15) is 0 Å². The maximum atomic E-state index is 14.6. The summed E-state index contributed by atoms with van der Waals surface area (Å²) in [6.45, 7) is 16.5. The summed E-state index contributed by atoms with van der Waals surface area (Å²) >= 11 is 0. The summed E-state index contributed by atoms with van der Waals surface area (Å²) in [5, 5.41) is 11.2. The number of carbonyl (C=O) groups excluding carboxylic acids is 2. The van der Waals surface area contributed by atoms with E-state index in [1.165, 1.54) is 19.3 Å². The van der Waals surface area contributed by atoms with E-state index in [2.05, 4.69) is 48.5 Å². The highest BCUT2D eigenvalue weighted by Crippen LogP contribution is 2.77. The van der Waals surface area contributed by atoms with Crippen molar-refractivity contribution in [2.45, 2.75) is 113 Å². The molecule has 0 heterocycles. The first-order chi connectivity index (χ1) is 15.2. The van der Waals surface area contributed by atoms with Crippen molar-refractivity contribution in [3.63, 3.8) is 0 Å². The molecule has 0 amide bonds. The molecule has 5 fully saturated rings. The fourth-order valence-electron chi connectivity index (χ4n) is 11.1. The topological polar surface area (TPSA) is 54.4 Å². The second kappa shape index (κ2) is 6.95. The SMILES string of the molecule is C[C@H]1C(=O)CC[C@@H]2[C@]1(C)CC[C@H]1[C@@]2(C)CC(=O)[C@@]2(CO)[C@@H]3CC(C)(C)CC[C@]3(C)CC[C@]12C. The molecule has 0 aromatic carbocycles. The van der Waals surface area contributed by atoms with E-state index in [1.807, 2.05) is 0 Å². The maximum absolute atomic E-state index is 14.6. The number of hydrogen-bond acceptors (Lipinski definition) is 3. The van der Waals surface area contributed by atoms with Crippen LogP contribution in [-0.2, 0) is 9.59 Å². The fraction of sp³-hybridized carbons (Fsp3) is 0.933. The molecule has 0 unspecified atom stereocenters. The molecule has 5 aliphatic carbocycles. The van der Waals surface area contributed by atoms with Gasteiger partial charge >= 0.3 is 0 Å². The molecular weight excluding hydrogens is 408 g/mol. The zero-order chi connectivity index (χ0) is 24.2. The van der Waals surface area contributed by atoms with Crippen LogP contribution in [0.4, 0.5) is 0 Å². The van der Waals surface area contributed by atoms with Crippen LogP contribution in [0.25, 0.3) is 0 Å². The van der Waals surface area contributed by atoms with Crippen molar-refractivity contribution in [1.29, 1.82) is 0 Å². The minimum Gasteiger partial charge on any atom is -0.395 e. The van der Waals surface area contributed by atoms with E-state index < -0.39 is 5.41 Å². The van der Waals surface area contributed by atoms with Crippen LogP contribution >= 0.6 is 0 Å². The first kappa shape index (κ1) is 24.0. The lowest BCUT2D eigenvalue weighted by Crippen LogP contribution is -2.72. The Labute approximate surface area is 201 Å². The minimum absolute atomic E-state index is 0.00640. The van der Waals surface area contributed by atoms with E-state index in [0.717, 1.165) is 32.1 Å². The number of aliphatic hydroxyl groups is 1. The van der Waals surface area contributed by atoms with Gasteiger partial charge in [-0.05, 0) is 96.2 Å². The number of Topliss-reactive ketones (excluding diaryl/α,β-unsaturated/α-hetero) is 2. The number of fused-ring (bicyclic) bond motifs is 7. The monoisotopic (exact) mass is 456 g/mol. The lowest BCUT2D eigenvalue weighted by Gasteiger charge is -2.74. The summed E-state index contributed by atoms with van der Waals surface area (Å²) in [6.07, 6.45) is 10.1. The summed E-state index contributed by atoms with van der Waals surface area (Å²) < 4.78 is 0. The maximum Gasteiger partial charge on any atom is 0.142 e. The highest BCUT2D eigenvalue weighted by Gasteiger charge is 2.75. The molecule has 0 aromatic rings. The molecule has 0 bridgehead atoms. The van der Waals surface area contributed by atoms with Crippen LogP contribution in [0.5, 0.6) is 0 Å². The van der Waals surface area contributed by atoms with Gasteiger partial charge in [0.2, 0.25) is 0 Å². The first-order valence-corrected chi connectivity index (χ1v) is 13.9. The number of carbonyl (C=O) groups is 2. The van der Waals surface area contributed by atoms with Crippen molar-refractivity contribution in [2.75, 3.05) is 6.61 Å². The lowest BCUT2D eigenvalue weighted by atomic mass is 9.29. The molecule has 186 valence electrons. The minimum atomic E-state index is -0.605. The van der Waals surface area contributed by atoms with Crippen LogP contribution in [0.15, 0.2) is 0 Å². The van der Waals surface area contributed by atoms with Crippen molar-refractivity contribution in [2.24, 2.45) is 56.2 Å². The quantitative estimate of drug-likeness (QED) is 0.483. The second-order valence-corrected chi connectivity index (χ2v) is 15.1. The van der Waals surface area contributed by atoms with Gasteiger partial charge in [-0.3, -0.25) is 9.59 Å². The largest absolute Gasteiger partial charge is 0.395 e. The Hall–Kier alpha value is -0.700. The van der Waals surface area contributed by atoms with E-state index in [9.17, 15) is 14.7 Å². The van der Waals surface area contributed by atoms with E-state index in [0.29, 0.717) is 36.2 Å². The lowest BCUT2D eigenvalue weighted by molar-refractivity contribution is -0.254. The van der Waals surface area contributed by atoms with Gasteiger partial charge in [-0.15, -0.1) is 0 Å². The second-order valence-electron chi connectivity index (χ2n) is 15.1. The van der Waals surface area contributed by atoms with Crippen molar-refractivity contribution in [3.8, 4) is 0 Å². The van der Waals surface area contributed by atoms with Crippen LogP contribution in [0, 0.1) is 56.2 Å². The third-order valence-electron chi connectivity index (χ3n) is 13.4. The standard InChI is InChI=1S/C30H48O3/c1-19-20(32)8-9-21-27(19,5)11-10-22-28(21,6)17-24(33)30(18-31)23-16-25(2,3)12-13-26(23,4)14-15-29(22,30)7/h19,21-23,31H,8-18H2,1-7H3/t19-,21+,22-,23+,26+,27+,28-,29+,30+/m0/s1. The van der Waals surface area contributed by atoms with Crippen LogP contribution in [0.2, 0.25) is 0 Å². The Morgan fingerprint density at radius 2 is 1.48 bits per heavy atom. The summed E-state index contributed by atoms with van der Waals surface area (Å²) in [7, 11) is 0. The molecule has 0 aliphatic heterocycles. The van der Waals surface area contributed by atoms with Crippen molar-refractivity contribution >= 4 is 11.6 Å². The summed E-state index contributed by atoms with van der Waals surface area (Å²) in [5.74, 6) is 2.01. The predicted octanol–water partition coefficient (Wildman–Crippen LogP) is 6.61. The molecule has 1 N–H and O–H groups in total. The van der Waals surface area contributed by atoms with E-state index in [1.54, 1.807) is 0 Å². The number of rotatable bonds is 1. The van der Waals surface area contributed by atoms with Gasteiger partial charge in [0.05, 0.1) is 12.0 Å². The number of aliphatic hydroxyl groups excluding tert-OH is 1. The zero-order valence-electron chi connectivity index (χ0n) is 22.4. The Balaban J connectivity index is 1.63. The van der Waals surface area contributed by atoms with Gasteiger partial charge in [0, 0.05) is 18.8 Å². The Bertz CT molecular complexity index is 876. The Morgan fingerprint density at radius 3 is 2.15 bits per heavy atom. The average Bonchev–Trinajstić information content (AvgIpc) is 2.72. The molecular formula is C30H48O3. The first-order valence-electron chi connectivity index (χ1n) is 13.9. The molecule has 33 heavy (non-hydrogen) atoms. The van der Waals surface area contributed by atoms with Gasteiger partial charge in [-0.25, -0.2) is 0 Å². The third-order valence-corrected chi connectivity index (χ3v) is 13.4. The van der Waals surface area contributed by atoms with E-state index in [4.69, 9.17) is 0 Å². The van der Waals surface area contributed by atoms with Crippen LogP contribution in [-0.4, -0.2) is 23.3 Å².